The summed E-state index contributed by atoms with van der Waals surface area (Å²) in [7, 11) is 4.77. The Hall–Kier alpha value is -3.32. The minimum absolute atomic E-state index is 0.406. The molecule has 2 aromatic carbocycles. The predicted octanol–water partition coefficient (Wildman–Crippen LogP) is 4.61. The molecule has 0 saturated heterocycles. The van der Waals surface area contributed by atoms with Crippen LogP contribution in [0.1, 0.15) is 0 Å². The number of rotatable bonds is 5. The Morgan fingerprint density at radius 1 is 0.929 bits per heavy atom. The summed E-state index contributed by atoms with van der Waals surface area (Å²) in [4.78, 5) is 17.1. The molecule has 0 unspecified atom stereocenters. The second-order valence-corrected chi connectivity index (χ2v) is 6.82. The van der Waals surface area contributed by atoms with Crippen LogP contribution in [0.15, 0.2) is 57.1 Å². The second kappa shape index (κ2) is 7.36. The highest BCUT2D eigenvalue weighted by Crippen LogP contribution is 2.35. The maximum absolute atomic E-state index is 12.4. The smallest absolute Gasteiger partial charge is 0.345 e. The number of aromatic nitrogens is 1. The summed E-state index contributed by atoms with van der Waals surface area (Å²) in [6, 6.07) is 12.7. The maximum Gasteiger partial charge on any atom is 0.345 e. The molecule has 2 heterocycles. The number of hydrogen-bond acceptors (Lipinski definition) is 7. The molecule has 2 aromatic heterocycles. The number of ether oxygens (including phenoxy) is 3. The van der Waals surface area contributed by atoms with E-state index in [-0.39, 0.29) is 0 Å². The number of hydrogen-bond donors (Lipinski definition) is 0. The van der Waals surface area contributed by atoms with Crippen molar-refractivity contribution in [1.82, 2.24) is 4.98 Å². The minimum atomic E-state index is -0.429. The van der Waals surface area contributed by atoms with Gasteiger partial charge in [0.25, 0.3) is 0 Å². The second-order valence-electron chi connectivity index (χ2n) is 5.96. The fraction of sp³-hybridized carbons (Fsp3) is 0.143. The van der Waals surface area contributed by atoms with Crippen LogP contribution in [0.25, 0.3) is 32.8 Å². The van der Waals surface area contributed by atoms with E-state index in [2.05, 4.69) is 4.98 Å². The molecule has 28 heavy (non-hydrogen) atoms. The van der Waals surface area contributed by atoms with Gasteiger partial charge in [-0.25, -0.2) is 9.78 Å². The minimum Gasteiger partial charge on any atom is -0.497 e. The Kier molecular flexibility index (Phi) is 4.75. The molecule has 6 nitrogen and oxygen atoms in total. The van der Waals surface area contributed by atoms with Crippen LogP contribution in [0.3, 0.4) is 0 Å². The zero-order chi connectivity index (χ0) is 19.7. The predicted molar refractivity (Wildman–Crippen MR) is 109 cm³/mol. The first-order chi connectivity index (χ1) is 13.6. The molecule has 0 fully saturated rings. The van der Waals surface area contributed by atoms with Gasteiger partial charge in [0.2, 0.25) is 0 Å². The number of methoxy groups -OCH3 is 3. The molecular formula is C21H17NO5S. The highest BCUT2D eigenvalue weighted by Gasteiger charge is 2.14. The molecule has 0 atom stereocenters. The highest BCUT2D eigenvalue weighted by atomic mass is 32.1. The first kappa shape index (κ1) is 18.1. The van der Waals surface area contributed by atoms with Crippen molar-refractivity contribution >= 4 is 22.3 Å². The lowest BCUT2D eigenvalue weighted by Crippen LogP contribution is -2.03. The van der Waals surface area contributed by atoms with E-state index >= 15 is 0 Å². The molecular weight excluding hydrogens is 378 g/mol. The molecule has 0 bridgehead atoms. The van der Waals surface area contributed by atoms with E-state index in [1.807, 2.05) is 29.6 Å². The van der Waals surface area contributed by atoms with Gasteiger partial charge in [-0.2, -0.15) is 0 Å². The van der Waals surface area contributed by atoms with E-state index in [1.165, 1.54) is 11.3 Å². The molecule has 0 aliphatic rings. The van der Waals surface area contributed by atoms with Gasteiger partial charge in [-0.1, -0.05) is 0 Å². The van der Waals surface area contributed by atoms with E-state index in [0.717, 1.165) is 16.0 Å². The fourth-order valence-corrected chi connectivity index (χ4v) is 3.72. The van der Waals surface area contributed by atoms with Crippen LogP contribution < -0.4 is 19.8 Å². The number of fused-ring (bicyclic) bond motifs is 1. The molecule has 0 aliphatic carbocycles. The molecule has 4 rings (SSSR count). The van der Waals surface area contributed by atoms with Gasteiger partial charge in [0.15, 0.2) is 11.5 Å². The molecule has 7 heteroatoms. The van der Waals surface area contributed by atoms with E-state index < -0.39 is 5.63 Å². The van der Waals surface area contributed by atoms with Crippen molar-refractivity contribution in [2.45, 2.75) is 0 Å². The van der Waals surface area contributed by atoms with Gasteiger partial charge in [0.05, 0.1) is 32.6 Å². The van der Waals surface area contributed by atoms with Gasteiger partial charge >= 0.3 is 5.63 Å². The third-order valence-corrected chi connectivity index (χ3v) is 5.24. The Morgan fingerprint density at radius 3 is 2.50 bits per heavy atom. The third-order valence-electron chi connectivity index (χ3n) is 4.35. The maximum atomic E-state index is 12.4. The molecule has 0 spiro atoms. The largest absolute Gasteiger partial charge is 0.497 e. The van der Waals surface area contributed by atoms with Crippen LogP contribution in [-0.4, -0.2) is 26.3 Å². The summed E-state index contributed by atoms with van der Waals surface area (Å²) in [5.41, 5.74) is 1.92. The topological polar surface area (TPSA) is 70.8 Å². The SMILES string of the molecule is COc1ccc2oc(=O)c(-c3csc(-c4ccc(OC)c(OC)c4)n3)cc2c1. The van der Waals surface area contributed by atoms with Crippen LogP contribution in [0.4, 0.5) is 0 Å². The summed E-state index contributed by atoms with van der Waals surface area (Å²) in [5, 5.41) is 3.38. The van der Waals surface area contributed by atoms with Gasteiger partial charge in [0, 0.05) is 16.3 Å². The van der Waals surface area contributed by atoms with Crippen molar-refractivity contribution in [2.24, 2.45) is 0 Å². The van der Waals surface area contributed by atoms with Crippen LogP contribution in [0.2, 0.25) is 0 Å². The van der Waals surface area contributed by atoms with Crippen LogP contribution >= 0.6 is 11.3 Å². The lowest BCUT2D eigenvalue weighted by atomic mass is 10.1. The quantitative estimate of drug-likeness (QED) is 0.460. The molecule has 0 N–H and O–H groups in total. The molecule has 0 saturated carbocycles. The third kappa shape index (κ3) is 3.20. The summed E-state index contributed by atoms with van der Waals surface area (Å²) >= 11 is 1.44. The summed E-state index contributed by atoms with van der Waals surface area (Å²) < 4.78 is 21.3. The highest BCUT2D eigenvalue weighted by molar-refractivity contribution is 7.13. The number of thiazole rings is 1. The zero-order valence-corrected chi connectivity index (χ0v) is 16.3. The Morgan fingerprint density at radius 2 is 1.75 bits per heavy atom. The van der Waals surface area contributed by atoms with Crippen molar-refractivity contribution in [2.75, 3.05) is 21.3 Å². The van der Waals surface area contributed by atoms with E-state index in [9.17, 15) is 4.79 Å². The standard InChI is InChI=1S/C21H17NO5S/c1-24-14-5-7-17-13(8-14)9-15(21(23)27-17)16-11-28-20(22-16)12-4-6-18(25-2)19(10-12)26-3/h4-11H,1-3H3. The summed E-state index contributed by atoms with van der Waals surface area (Å²) in [6.45, 7) is 0. The van der Waals surface area contributed by atoms with Crippen molar-refractivity contribution in [1.29, 1.82) is 0 Å². The average Bonchev–Trinajstić information content (AvgIpc) is 3.22. The van der Waals surface area contributed by atoms with Gasteiger partial charge in [-0.15, -0.1) is 11.3 Å². The lowest BCUT2D eigenvalue weighted by Gasteiger charge is -2.08. The van der Waals surface area contributed by atoms with Gasteiger partial charge in [-0.05, 0) is 42.5 Å². The van der Waals surface area contributed by atoms with Crippen molar-refractivity contribution in [3.8, 4) is 39.1 Å². The van der Waals surface area contributed by atoms with E-state index in [4.69, 9.17) is 18.6 Å². The van der Waals surface area contributed by atoms with Gasteiger partial charge in [-0.3, -0.25) is 0 Å². The zero-order valence-electron chi connectivity index (χ0n) is 15.5. The Bertz CT molecular complexity index is 1210. The first-order valence-corrected chi connectivity index (χ1v) is 9.31. The van der Waals surface area contributed by atoms with Crippen LogP contribution in [0, 0.1) is 0 Å². The molecule has 0 amide bonds. The number of benzene rings is 2. The Labute approximate surface area is 164 Å². The van der Waals surface area contributed by atoms with Crippen LogP contribution in [0.5, 0.6) is 17.2 Å². The summed E-state index contributed by atoms with van der Waals surface area (Å²) in [6.07, 6.45) is 0. The van der Waals surface area contributed by atoms with Crippen molar-refractivity contribution < 1.29 is 18.6 Å². The van der Waals surface area contributed by atoms with E-state index in [1.54, 1.807) is 39.5 Å². The van der Waals surface area contributed by atoms with Gasteiger partial charge < -0.3 is 18.6 Å². The summed E-state index contributed by atoms with van der Waals surface area (Å²) in [5.74, 6) is 1.96. The first-order valence-electron chi connectivity index (χ1n) is 8.43. The van der Waals surface area contributed by atoms with Crippen molar-refractivity contribution in [3.63, 3.8) is 0 Å². The molecule has 142 valence electrons. The lowest BCUT2D eigenvalue weighted by molar-refractivity contribution is 0.355. The van der Waals surface area contributed by atoms with Gasteiger partial charge in [0.1, 0.15) is 16.3 Å². The molecule has 4 aromatic rings. The monoisotopic (exact) mass is 395 g/mol. The molecule has 0 aliphatic heterocycles. The normalized spacial score (nSPS) is 10.8. The van der Waals surface area contributed by atoms with Crippen LogP contribution in [-0.2, 0) is 0 Å². The molecule has 0 radical (unpaired) electrons. The average molecular weight is 395 g/mol. The fourth-order valence-electron chi connectivity index (χ4n) is 2.91. The number of nitrogens with zero attached hydrogens (tertiary/aromatic N) is 1. The Balaban J connectivity index is 1.77. The van der Waals surface area contributed by atoms with Crippen molar-refractivity contribution in [3.05, 3.63) is 58.3 Å². The van der Waals surface area contributed by atoms with E-state index in [0.29, 0.717) is 34.1 Å².